The molecule has 1 aromatic rings. The van der Waals surface area contributed by atoms with Crippen LogP contribution in [-0.2, 0) is 21.4 Å². The number of anilines is 1. The summed E-state index contributed by atoms with van der Waals surface area (Å²) in [5, 5.41) is 4.28. The highest BCUT2D eigenvalue weighted by atomic mass is 32.2. The van der Waals surface area contributed by atoms with E-state index in [0.717, 1.165) is 11.1 Å². The molecular formula is C12H17N3O3S. The van der Waals surface area contributed by atoms with Gasteiger partial charge < -0.3 is 10.6 Å². The predicted molar refractivity (Wildman–Crippen MR) is 72.9 cm³/mol. The Bertz CT molecular complexity index is 613. The number of sulfonamides is 1. The summed E-state index contributed by atoms with van der Waals surface area (Å²) in [6.45, 7) is 2.40. The number of hydrogen-bond acceptors (Lipinski definition) is 4. The van der Waals surface area contributed by atoms with Crippen molar-refractivity contribution < 1.29 is 13.2 Å². The maximum absolute atomic E-state index is 11.9. The van der Waals surface area contributed by atoms with Crippen LogP contribution in [0.3, 0.4) is 0 Å². The molecule has 1 unspecified atom stereocenters. The van der Waals surface area contributed by atoms with Crippen LogP contribution in [0.2, 0.25) is 0 Å². The van der Waals surface area contributed by atoms with E-state index in [1.54, 1.807) is 6.07 Å². The Morgan fingerprint density at radius 1 is 1.42 bits per heavy atom. The highest BCUT2D eigenvalue weighted by molar-refractivity contribution is 7.89. The molecule has 0 bridgehead atoms. The molecule has 6 nitrogen and oxygen atoms in total. The van der Waals surface area contributed by atoms with Gasteiger partial charge in [-0.25, -0.2) is 13.6 Å². The molecule has 2 rings (SSSR count). The molecule has 4 N–H and O–H groups in total. The van der Waals surface area contributed by atoms with Crippen molar-refractivity contribution >= 4 is 21.6 Å². The Balaban J connectivity index is 2.31. The average Bonchev–Trinajstić information content (AvgIpc) is 2.71. The van der Waals surface area contributed by atoms with Gasteiger partial charge in [0.25, 0.3) is 0 Å². The first-order valence-corrected chi connectivity index (χ1v) is 7.55. The van der Waals surface area contributed by atoms with Crippen molar-refractivity contribution in [3.63, 3.8) is 0 Å². The van der Waals surface area contributed by atoms with Crippen molar-refractivity contribution in [3.05, 3.63) is 29.3 Å². The maximum atomic E-state index is 11.9. The second-order valence-electron chi connectivity index (χ2n) is 4.74. The van der Waals surface area contributed by atoms with Gasteiger partial charge in [-0.05, 0) is 24.1 Å². The SMILES string of the molecule is Cc1cc(CN)ccc1N1CC(S(N)(=O)=O)CC1=O. The molecule has 0 aromatic heterocycles. The summed E-state index contributed by atoms with van der Waals surface area (Å²) in [4.78, 5) is 13.4. The molecule has 104 valence electrons. The molecule has 1 saturated heterocycles. The van der Waals surface area contributed by atoms with Crippen LogP contribution in [-0.4, -0.2) is 26.1 Å². The van der Waals surface area contributed by atoms with Crippen LogP contribution < -0.4 is 15.8 Å². The zero-order chi connectivity index (χ0) is 14.2. The maximum Gasteiger partial charge on any atom is 0.228 e. The van der Waals surface area contributed by atoms with Crippen molar-refractivity contribution in [2.45, 2.75) is 25.1 Å². The first-order chi connectivity index (χ1) is 8.82. The first kappa shape index (κ1) is 14.0. The largest absolute Gasteiger partial charge is 0.326 e. The highest BCUT2D eigenvalue weighted by Gasteiger charge is 2.37. The Morgan fingerprint density at radius 3 is 2.58 bits per heavy atom. The van der Waals surface area contributed by atoms with Crippen LogP contribution in [0.1, 0.15) is 17.5 Å². The van der Waals surface area contributed by atoms with E-state index < -0.39 is 15.3 Å². The summed E-state index contributed by atoms with van der Waals surface area (Å²) in [5.41, 5.74) is 8.13. The van der Waals surface area contributed by atoms with Crippen molar-refractivity contribution in [2.24, 2.45) is 10.9 Å². The predicted octanol–water partition coefficient (Wildman–Crippen LogP) is -0.152. The number of nitrogens with two attached hydrogens (primary N) is 2. The number of carbonyl (C=O) groups excluding carboxylic acids is 1. The van der Waals surface area contributed by atoms with Gasteiger partial charge in [0.1, 0.15) is 5.25 Å². The minimum atomic E-state index is -3.68. The third kappa shape index (κ3) is 2.78. The first-order valence-electron chi connectivity index (χ1n) is 5.94. The molecule has 0 radical (unpaired) electrons. The molecule has 0 spiro atoms. The number of hydrogen-bond donors (Lipinski definition) is 2. The van der Waals surface area contributed by atoms with Crippen LogP contribution in [0.4, 0.5) is 5.69 Å². The number of aryl methyl sites for hydroxylation is 1. The molecule has 7 heteroatoms. The van der Waals surface area contributed by atoms with Crippen molar-refractivity contribution in [2.75, 3.05) is 11.4 Å². The van der Waals surface area contributed by atoms with E-state index in [0.29, 0.717) is 12.2 Å². The topological polar surface area (TPSA) is 106 Å². The van der Waals surface area contributed by atoms with E-state index in [1.807, 2.05) is 19.1 Å². The highest BCUT2D eigenvalue weighted by Crippen LogP contribution is 2.27. The molecular weight excluding hydrogens is 266 g/mol. The normalized spacial score (nSPS) is 20.1. The summed E-state index contributed by atoms with van der Waals surface area (Å²) in [6.07, 6.45) is -0.0586. The molecule has 1 aromatic carbocycles. The molecule has 0 aliphatic carbocycles. The van der Waals surface area contributed by atoms with Gasteiger partial charge in [-0.3, -0.25) is 4.79 Å². The Hall–Kier alpha value is -1.44. The molecule has 1 aliphatic heterocycles. The summed E-state index contributed by atoms with van der Waals surface area (Å²) >= 11 is 0. The molecule has 0 saturated carbocycles. The molecule has 1 aliphatic rings. The van der Waals surface area contributed by atoms with Crippen LogP contribution in [0.15, 0.2) is 18.2 Å². The quantitative estimate of drug-likeness (QED) is 0.804. The van der Waals surface area contributed by atoms with Gasteiger partial charge in [-0.1, -0.05) is 12.1 Å². The van der Waals surface area contributed by atoms with Crippen LogP contribution >= 0.6 is 0 Å². The smallest absolute Gasteiger partial charge is 0.228 e. The Labute approximate surface area is 112 Å². The number of carbonyl (C=O) groups is 1. The number of benzene rings is 1. The van der Waals surface area contributed by atoms with Gasteiger partial charge >= 0.3 is 0 Å². The molecule has 1 heterocycles. The van der Waals surface area contributed by atoms with Gasteiger partial charge in [0.2, 0.25) is 15.9 Å². The van der Waals surface area contributed by atoms with Crippen molar-refractivity contribution in [3.8, 4) is 0 Å². The third-order valence-corrected chi connectivity index (χ3v) is 4.59. The molecule has 1 fully saturated rings. The molecule has 19 heavy (non-hydrogen) atoms. The fourth-order valence-electron chi connectivity index (χ4n) is 2.28. The lowest BCUT2D eigenvalue weighted by atomic mass is 10.1. The Morgan fingerprint density at radius 2 is 2.11 bits per heavy atom. The third-order valence-electron chi connectivity index (χ3n) is 3.34. The van der Waals surface area contributed by atoms with Gasteiger partial charge in [-0.2, -0.15) is 0 Å². The van der Waals surface area contributed by atoms with E-state index in [-0.39, 0.29) is 18.9 Å². The fourth-order valence-corrected chi connectivity index (χ4v) is 3.01. The summed E-state index contributed by atoms with van der Waals surface area (Å²) in [7, 11) is -3.68. The number of amides is 1. The van der Waals surface area contributed by atoms with E-state index in [2.05, 4.69) is 0 Å². The second-order valence-corrected chi connectivity index (χ2v) is 6.59. The summed E-state index contributed by atoms with van der Waals surface area (Å²) in [5.74, 6) is -0.220. The van der Waals surface area contributed by atoms with Crippen molar-refractivity contribution in [1.29, 1.82) is 0 Å². The molecule has 1 amide bonds. The summed E-state index contributed by atoms with van der Waals surface area (Å²) in [6, 6.07) is 5.52. The van der Waals surface area contributed by atoms with Gasteiger partial charge in [-0.15, -0.1) is 0 Å². The van der Waals surface area contributed by atoms with Crippen LogP contribution in [0, 0.1) is 6.92 Å². The zero-order valence-corrected chi connectivity index (χ0v) is 11.5. The zero-order valence-electron chi connectivity index (χ0n) is 10.7. The lowest BCUT2D eigenvalue weighted by Crippen LogP contribution is -2.32. The van der Waals surface area contributed by atoms with Gasteiger partial charge in [0.15, 0.2) is 0 Å². The number of primary sulfonamides is 1. The average molecular weight is 283 g/mol. The lowest BCUT2D eigenvalue weighted by molar-refractivity contribution is -0.117. The monoisotopic (exact) mass is 283 g/mol. The van der Waals surface area contributed by atoms with Gasteiger partial charge in [0, 0.05) is 25.2 Å². The molecule has 1 atom stereocenters. The minimum Gasteiger partial charge on any atom is -0.326 e. The van der Waals surface area contributed by atoms with Crippen LogP contribution in [0.5, 0.6) is 0 Å². The second kappa shape index (κ2) is 4.92. The number of nitrogens with zero attached hydrogens (tertiary/aromatic N) is 1. The Kier molecular flexibility index (Phi) is 3.62. The summed E-state index contributed by atoms with van der Waals surface area (Å²) < 4.78 is 22.6. The van der Waals surface area contributed by atoms with Crippen LogP contribution in [0.25, 0.3) is 0 Å². The van der Waals surface area contributed by atoms with E-state index >= 15 is 0 Å². The fraction of sp³-hybridized carbons (Fsp3) is 0.417. The van der Waals surface area contributed by atoms with E-state index in [4.69, 9.17) is 10.9 Å². The minimum absolute atomic E-state index is 0.0586. The van der Waals surface area contributed by atoms with E-state index in [1.165, 1.54) is 4.90 Å². The number of rotatable bonds is 3. The standard InChI is InChI=1S/C12H17N3O3S/c1-8-4-9(6-13)2-3-11(8)15-7-10(5-12(15)16)19(14,17)18/h2-4,10H,5-7,13H2,1H3,(H2,14,17,18). The van der Waals surface area contributed by atoms with Crippen molar-refractivity contribution in [1.82, 2.24) is 0 Å². The van der Waals surface area contributed by atoms with Gasteiger partial charge in [0.05, 0.1) is 0 Å². The lowest BCUT2D eigenvalue weighted by Gasteiger charge is -2.19. The van der Waals surface area contributed by atoms with E-state index in [9.17, 15) is 13.2 Å².